The summed E-state index contributed by atoms with van der Waals surface area (Å²) >= 11 is 1.85. The van der Waals surface area contributed by atoms with E-state index in [2.05, 4.69) is 248 Å². The first-order valence-corrected chi connectivity index (χ1v) is 23.9. The predicted octanol–water partition coefficient (Wildman–Crippen LogP) is 18.1. The predicted molar refractivity (Wildman–Crippen MR) is 289 cm³/mol. The molecule has 4 heteroatoms. The van der Waals surface area contributed by atoms with Crippen molar-refractivity contribution in [2.24, 2.45) is 0 Å². The minimum absolute atomic E-state index is 0.908. The van der Waals surface area contributed by atoms with Crippen LogP contribution in [0.1, 0.15) is 0 Å². The molecule has 13 aromatic rings. The van der Waals surface area contributed by atoms with Gasteiger partial charge in [-0.3, -0.25) is 0 Å². The Labute approximate surface area is 398 Å². The molecule has 0 unspecified atom stereocenters. The highest BCUT2D eigenvalue weighted by Gasteiger charge is 2.18. The molecular weight excluding hydrogens is 843 g/mol. The van der Waals surface area contributed by atoms with E-state index in [1.165, 1.54) is 36.3 Å². The SMILES string of the molecule is c1ccc(-c2cc(-c3ccccc3)nc(-c3ccc4c(c3)nc(-c3cccc(-c5ccc(N(c6ccccc6)c6ccc7sc8ccccc8c7c6)cc5)c3)c3ccc5ccccc5c34)c2)cc1. The summed E-state index contributed by atoms with van der Waals surface area (Å²) in [6.07, 6.45) is 0. The lowest BCUT2D eigenvalue weighted by atomic mass is 9.93. The van der Waals surface area contributed by atoms with Crippen LogP contribution in [0.25, 0.3) is 109 Å². The van der Waals surface area contributed by atoms with E-state index in [1.807, 2.05) is 17.4 Å². The average Bonchev–Trinajstić information content (AvgIpc) is 3.79. The second kappa shape index (κ2) is 16.6. The van der Waals surface area contributed by atoms with Crippen molar-refractivity contribution in [2.45, 2.75) is 0 Å². The molecule has 10 aromatic carbocycles. The fraction of sp³-hybridized carbons (Fsp3) is 0. The minimum atomic E-state index is 0.908. The number of hydrogen-bond donors (Lipinski definition) is 0. The van der Waals surface area contributed by atoms with Crippen LogP contribution in [0.5, 0.6) is 0 Å². The van der Waals surface area contributed by atoms with Crippen molar-refractivity contribution < 1.29 is 0 Å². The number of thiophene rings is 1. The fourth-order valence-corrected chi connectivity index (χ4v) is 11.0. The molecule has 0 spiro atoms. The number of aromatic nitrogens is 2. The Morgan fingerprint density at radius 2 is 0.882 bits per heavy atom. The number of fused-ring (bicyclic) bond motifs is 8. The van der Waals surface area contributed by atoms with Crippen molar-refractivity contribution in [3.8, 4) is 56.0 Å². The summed E-state index contributed by atoms with van der Waals surface area (Å²) in [7, 11) is 0. The van der Waals surface area contributed by atoms with E-state index in [1.54, 1.807) is 0 Å². The molecule has 3 aromatic heterocycles. The van der Waals surface area contributed by atoms with E-state index in [0.29, 0.717) is 0 Å². The molecule has 0 aliphatic carbocycles. The molecule has 0 aliphatic heterocycles. The lowest BCUT2D eigenvalue weighted by Crippen LogP contribution is -2.09. The molecule has 0 amide bonds. The zero-order valence-electron chi connectivity index (χ0n) is 36.9. The number of hydrogen-bond acceptors (Lipinski definition) is 4. The molecule has 3 nitrogen and oxygen atoms in total. The van der Waals surface area contributed by atoms with Crippen molar-refractivity contribution in [1.29, 1.82) is 0 Å². The van der Waals surface area contributed by atoms with Gasteiger partial charge in [-0.05, 0) is 106 Å². The Bertz CT molecular complexity index is 3960. The molecule has 0 aliphatic rings. The largest absolute Gasteiger partial charge is 0.310 e. The maximum absolute atomic E-state index is 5.57. The third-order valence-corrected chi connectivity index (χ3v) is 14.4. The molecule has 0 saturated heterocycles. The maximum Gasteiger partial charge on any atom is 0.0788 e. The molecule has 0 bridgehead atoms. The molecule has 0 N–H and O–H groups in total. The van der Waals surface area contributed by atoms with Gasteiger partial charge in [-0.1, -0.05) is 176 Å². The van der Waals surface area contributed by atoms with Crippen LogP contribution in [0.15, 0.2) is 249 Å². The Hall–Kier alpha value is -8.70. The smallest absolute Gasteiger partial charge is 0.0788 e. The van der Waals surface area contributed by atoms with Crippen LogP contribution >= 0.6 is 11.3 Å². The van der Waals surface area contributed by atoms with Gasteiger partial charge in [0.1, 0.15) is 0 Å². The maximum atomic E-state index is 5.57. The zero-order valence-corrected chi connectivity index (χ0v) is 37.7. The molecule has 3 heterocycles. The lowest BCUT2D eigenvalue weighted by Gasteiger charge is -2.26. The number of rotatable bonds is 8. The summed E-state index contributed by atoms with van der Waals surface area (Å²) in [5, 5.41) is 8.44. The summed E-state index contributed by atoms with van der Waals surface area (Å²) in [6.45, 7) is 0. The number of para-hydroxylation sites is 1. The molecule has 0 saturated carbocycles. The second-order valence-electron chi connectivity index (χ2n) is 17.3. The molecular formula is C64H41N3S. The van der Waals surface area contributed by atoms with Crippen molar-refractivity contribution in [3.05, 3.63) is 249 Å². The van der Waals surface area contributed by atoms with E-state index in [-0.39, 0.29) is 0 Å². The Morgan fingerprint density at radius 1 is 0.294 bits per heavy atom. The number of nitrogens with zero attached hydrogens (tertiary/aromatic N) is 3. The highest BCUT2D eigenvalue weighted by Crippen LogP contribution is 2.43. The first kappa shape index (κ1) is 39.6. The highest BCUT2D eigenvalue weighted by atomic mass is 32.1. The summed E-state index contributed by atoms with van der Waals surface area (Å²) in [5.74, 6) is 0. The normalized spacial score (nSPS) is 11.5. The average molecular weight is 884 g/mol. The third-order valence-electron chi connectivity index (χ3n) is 13.2. The summed E-state index contributed by atoms with van der Waals surface area (Å²) in [4.78, 5) is 13.2. The first-order chi connectivity index (χ1) is 33.7. The molecule has 0 fully saturated rings. The van der Waals surface area contributed by atoms with Crippen LogP contribution in [-0.4, -0.2) is 9.97 Å². The van der Waals surface area contributed by atoms with E-state index < -0.39 is 0 Å². The highest BCUT2D eigenvalue weighted by molar-refractivity contribution is 7.25. The topological polar surface area (TPSA) is 29.0 Å². The zero-order chi connectivity index (χ0) is 45.0. The lowest BCUT2D eigenvalue weighted by molar-refractivity contribution is 1.29. The van der Waals surface area contributed by atoms with Gasteiger partial charge in [-0.25, -0.2) is 9.97 Å². The van der Waals surface area contributed by atoms with Gasteiger partial charge in [-0.15, -0.1) is 11.3 Å². The Balaban J connectivity index is 0.924. The van der Waals surface area contributed by atoms with Crippen LogP contribution in [-0.2, 0) is 0 Å². The van der Waals surface area contributed by atoms with Crippen molar-refractivity contribution >= 4 is 81.0 Å². The number of pyridine rings is 2. The minimum Gasteiger partial charge on any atom is -0.310 e. The quantitative estimate of drug-likeness (QED) is 0.142. The van der Waals surface area contributed by atoms with Gasteiger partial charge in [0.25, 0.3) is 0 Å². The molecule has 318 valence electrons. The van der Waals surface area contributed by atoms with Crippen LogP contribution in [0.3, 0.4) is 0 Å². The third kappa shape index (κ3) is 7.07. The second-order valence-corrected chi connectivity index (χ2v) is 18.4. The van der Waals surface area contributed by atoms with Crippen LogP contribution in [0.2, 0.25) is 0 Å². The fourth-order valence-electron chi connectivity index (χ4n) is 9.91. The van der Waals surface area contributed by atoms with Gasteiger partial charge in [0.15, 0.2) is 0 Å². The number of benzene rings is 10. The summed E-state index contributed by atoms with van der Waals surface area (Å²) < 4.78 is 2.60. The van der Waals surface area contributed by atoms with E-state index >= 15 is 0 Å². The van der Waals surface area contributed by atoms with Gasteiger partial charge in [0.05, 0.1) is 22.6 Å². The first-order valence-electron chi connectivity index (χ1n) is 23.0. The molecule has 13 rings (SSSR count). The molecule has 0 radical (unpaired) electrons. The molecule has 0 atom stereocenters. The van der Waals surface area contributed by atoms with Crippen molar-refractivity contribution in [2.75, 3.05) is 4.90 Å². The van der Waals surface area contributed by atoms with Gasteiger partial charge in [-0.2, -0.15) is 0 Å². The monoisotopic (exact) mass is 883 g/mol. The van der Waals surface area contributed by atoms with E-state index in [4.69, 9.17) is 9.97 Å². The van der Waals surface area contributed by atoms with E-state index in [0.717, 1.165) is 89.4 Å². The summed E-state index contributed by atoms with van der Waals surface area (Å²) in [6, 6.07) is 89.3. The van der Waals surface area contributed by atoms with Gasteiger partial charge in [0, 0.05) is 70.1 Å². The van der Waals surface area contributed by atoms with Crippen LogP contribution < -0.4 is 4.90 Å². The van der Waals surface area contributed by atoms with E-state index in [9.17, 15) is 0 Å². The van der Waals surface area contributed by atoms with Crippen LogP contribution in [0, 0.1) is 0 Å². The summed E-state index contributed by atoms with van der Waals surface area (Å²) in [5.41, 5.74) is 14.8. The van der Waals surface area contributed by atoms with Crippen LogP contribution in [0.4, 0.5) is 17.1 Å². The van der Waals surface area contributed by atoms with Gasteiger partial charge in [0.2, 0.25) is 0 Å². The van der Waals surface area contributed by atoms with Gasteiger partial charge >= 0.3 is 0 Å². The number of anilines is 3. The van der Waals surface area contributed by atoms with Crippen molar-refractivity contribution in [3.63, 3.8) is 0 Å². The Kier molecular flexibility index (Phi) is 9.69. The van der Waals surface area contributed by atoms with Crippen molar-refractivity contribution in [1.82, 2.24) is 9.97 Å². The standard InChI is InChI=1S/C64H41N3S/c1-4-15-42(16-5-1)49-39-58(45-18-6-2-7-19-45)65-59(40-49)47-30-34-55-60(38-47)66-64(56-35-29-44-17-10-11-24-53(44)63(55)56)48-21-14-20-46(37-48)43-27-31-51(32-28-43)67(50-22-8-3-9-23-50)52-33-36-62-57(41-52)54-25-12-13-26-61(54)68-62/h1-41H. The Morgan fingerprint density at radius 3 is 1.69 bits per heavy atom. The molecule has 68 heavy (non-hydrogen) atoms. The van der Waals surface area contributed by atoms with Gasteiger partial charge < -0.3 is 4.90 Å².